The molecule has 49 heavy (non-hydrogen) atoms. The van der Waals surface area contributed by atoms with Gasteiger partial charge in [-0.15, -0.1) is 0 Å². The number of thioether (sulfide) groups is 1. The Morgan fingerprint density at radius 2 is 1.59 bits per heavy atom. The van der Waals surface area contributed by atoms with Crippen molar-refractivity contribution in [1.82, 2.24) is 19.4 Å². The predicted molar refractivity (Wildman–Crippen MR) is 181 cm³/mol. The number of aryl methyl sites for hydroxylation is 1. The number of amides is 1. The van der Waals surface area contributed by atoms with Crippen LogP contribution in [0.3, 0.4) is 0 Å². The van der Waals surface area contributed by atoms with Crippen molar-refractivity contribution in [2.24, 2.45) is 0 Å². The summed E-state index contributed by atoms with van der Waals surface area (Å²) in [4.78, 5) is 38.1. The number of hydrogen-bond acceptors (Lipinski definition) is 5. The first-order valence-corrected chi connectivity index (χ1v) is 17.0. The number of hydrogen-bond donors (Lipinski definition) is 0. The van der Waals surface area contributed by atoms with Crippen molar-refractivity contribution in [3.63, 3.8) is 0 Å². The number of rotatable bonds is 11. The highest BCUT2D eigenvalue weighted by Crippen LogP contribution is 2.34. The lowest BCUT2D eigenvalue weighted by molar-refractivity contribution is -0.137. The van der Waals surface area contributed by atoms with Gasteiger partial charge in [0.15, 0.2) is 5.16 Å². The largest absolute Gasteiger partial charge is 0.416 e. The van der Waals surface area contributed by atoms with Crippen LogP contribution in [-0.2, 0) is 42.5 Å². The van der Waals surface area contributed by atoms with Gasteiger partial charge in [-0.1, -0.05) is 66.4 Å². The van der Waals surface area contributed by atoms with Gasteiger partial charge in [-0.25, -0.2) is 4.39 Å². The van der Waals surface area contributed by atoms with E-state index in [0.717, 1.165) is 46.6 Å². The molecule has 3 aromatic carbocycles. The Bertz CT molecular complexity index is 1960. The zero-order valence-electron chi connectivity index (χ0n) is 26.8. The van der Waals surface area contributed by atoms with E-state index in [1.807, 2.05) is 47.0 Å². The molecule has 0 saturated carbocycles. The molecule has 1 aliphatic rings. The van der Waals surface area contributed by atoms with E-state index < -0.39 is 17.8 Å². The van der Waals surface area contributed by atoms with Crippen LogP contribution < -0.4 is 5.56 Å². The van der Waals surface area contributed by atoms with E-state index in [4.69, 9.17) is 0 Å². The lowest BCUT2D eigenvalue weighted by Crippen LogP contribution is -2.37. The number of alkyl halides is 3. The average Bonchev–Trinajstić information content (AvgIpc) is 3.60. The fourth-order valence-corrected chi connectivity index (χ4v) is 7.16. The van der Waals surface area contributed by atoms with Crippen molar-refractivity contribution < 1.29 is 22.4 Å². The Hall–Kier alpha value is -4.77. The average molecular weight is 687 g/mol. The van der Waals surface area contributed by atoms with Crippen LogP contribution in [0, 0.1) is 5.82 Å². The van der Waals surface area contributed by atoms with Gasteiger partial charge in [0.25, 0.3) is 5.56 Å². The molecule has 1 aliphatic carbocycles. The molecule has 6 nitrogen and oxygen atoms in total. The van der Waals surface area contributed by atoms with Gasteiger partial charge >= 0.3 is 6.18 Å². The van der Waals surface area contributed by atoms with Crippen molar-refractivity contribution in [2.45, 2.75) is 61.8 Å². The fraction of sp³-hybridized carbons (Fsp3) is 0.263. The number of halogens is 4. The Balaban J connectivity index is 1.30. The van der Waals surface area contributed by atoms with E-state index in [0.29, 0.717) is 54.3 Å². The van der Waals surface area contributed by atoms with E-state index in [9.17, 15) is 27.2 Å². The molecule has 1 amide bonds. The summed E-state index contributed by atoms with van der Waals surface area (Å²) in [5, 5.41) is 0.442. The molecular weight excluding hydrogens is 653 g/mol. The number of aromatic nitrogens is 3. The zero-order valence-corrected chi connectivity index (χ0v) is 27.6. The monoisotopic (exact) mass is 686 g/mol. The maximum Gasteiger partial charge on any atom is 0.416 e. The third kappa shape index (κ3) is 8.10. The van der Waals surface area contributed by atoms with Gasteiger partial charge in [-0.2, -0.15) is 18.2 Å². The highest BCUT2D eigenvalue weighted by atomic mass is 32.2. The molecule has 2 aromatic heterocycles. The Morgan fingerprint density at radius 1 is 0.918 bits per heavy atom. The molecule has 0 aliphatic heterocycles. The van der Waals surface area contributed by atoms with Crippen LogP contribution in [0.15, 0.2) is 107 Å². The SMILES string of the molecule is CN(Cc1ccccn1)C(=O)C(CCc1ccc(-c2ccc(C(F)(F)F)cc2)cc1)n1c(SCc2ccc(F)cc2)nc(=O)c2c1CCC2. The molecule has 2 heterocycles. The maximum absolute atomic E-state index is 14.4. The van der Waals surface area contributed by atoms with E-state index in [2.05, 4.69) is 9.97 Å². The molecule has 0 N–H and O–H groups in total. The van der Waals surface area contributed by atoms with Gasteiger partial charge in [0.05, 0.1) is 17.8 Å². The fourth-order valence-electron chi connectivity index (χ4n) is 6.15. The molecule has 11 heteroatoms. The Morgan fingerprint density at radius 3 is 2.24 bits per heavy atom. The van der Waals surface area contributed by atoms with Crippen molar-refractivity contribution in [3.8, 4) is 11.1 Å². The van der Waals surface area contributed by atoms with Crippen LogP contribution in [-0.4, -0.2) is 32.4 Å². The molecule has 0 spiro atoms. The highest BCUT2D eigenvalue weighted by Gasteiger charge is 2.32. The Kier molecular flexibility index (Phi) is 10.3. The molecule has 1 atom stereocenters. The summed E-state index contributed by atoms with van der Waals surface area (Å²) in [6.45, 7) is 0.297. The third-order valence-electron chi connectivity index (χ3n) is 8.73. The van der Waals surface area contributed by atoms with Gasteiger partial charge < -0.3 is 9.47 Å². The predicted octanol–water partition coefficient (Wildman–Crippen LogP) is 8.08. The molecule has 0 fully saturated rings. The second-order valence-corrected chi connectivity index (χ2v) is 13.0. The third-order valence-corrected chi connectivity index (χ3v) is 9.75. The summed E-state index contributed by atoms with van der Waals surface area (Å²) in [6, 6.07) is 23.7. The Labute approximate surface area is 285 Å². The first-order valence-electron chi connectivity index (χ1n) is 16.0. The van der Waals surface area contributed by atoms with Gasteiger partial charge in [-0.05, 0) is 90.8 Å². The first kappa shape index (κ1) is 34.1. The lowest BCUT2D eigenvalue weighted by atomic mass is 9.99. The summed E-state index contributed by atoms with van der Waals surface area (Å²) >= 11 is 1.35. The normalized spacial score (nSPS) is 13.2. The standard InChI is InChI=1S/C38H34F4N4O2S/c1-45(23-31-5-2-3-22-43-31)36(48)34(21-12-25-8-13-27(14-9-25)28-15-17-29(18-16-28)38(40,41)42)46-33-7-4-6-32(33)35(47)44-37(46)49-24-26-10-19-30(39)20-11-26/h2-3,5,8-11,13-20,22,34H,4,6-7,12,21,23-24H2,1H3. The summed E-state index contributed by atoms with van der Waals surface area (Å²) in [6.07, 6.45) is 0.239. The van der Waals surface area contributed by atoms with E-state index in [1.165, 1.54) is 36.0 Å². The van der Waals surface area contributed by atoms with E-state index >= 15 is 0 Å². The van der Waals surface area contributed by atoms with Crippen LogP contribution in [0.5, 0.6) is 0 Å². The molecule has 5 aromatic rings. The summed E-state index contributed by atoms with van der Waals surface area (Å²) in [7, 11) is 1.74. The number of benzene rings is 3. The van der Waals surface area contributed by atoms with Crippen molar-refractivity contribution >= 4 is 17.7 Å². The van der Waals surface area contributed by atoms with Crippen LogP contribution >= 0.6 is 11.8 Å². The number of carbonyl (C=O) groups is 1. The van der Waals surface area contributed by atoms with Crippen LogP contribution in [0.25, 0.3) is 11.1 Å². The molecule has 1 unspecified atom stereocenters. The highest BCUT2D eigenvalue weighted by molar-refractivity contribution is 7.98. The van der Waals surface area contributed by atoms with Crippen LogP contribution in [0.2, 0.25) is 0 Å². The first-order chi connectivity index (χ1) is 23.6. The summed E-state index contributed by atoms with van der Waals surface area (Å²) in [5.41, 5.74) is 4.48. The second-order valence-electron chi connectivity index (χ2n) is 12.1. The minimum atomic E-state index is -4.40. The van der Waals surface area contributed by atoms with Crippen molar-refractivity contribution in [3.05, 3.63) is 147 Å². The van der Waals surface area contributed by atoms with Gasteiger partial charge in [0.2, 0.25) is 5.91 Å². The number of carbonyl (C=O) groups excluding carboxylic acids is 1. The summed E-state index contributed by atoms with van der Waals surface area (Å²) in [5.74, 6) is -0.0489. The van der Waals surface area contributed by atoms with Crippen molar-refractivity contribution in [2.75, 3.05) is 7.05 Å². The van der Waals surface area contributed by atoms with Crippen LogP contribution in [0.4, 0.5) is 17.6 Å². The second kappa shape index (κ2) is 14.8. The quantitative estimate of drug-likeness (QED) is 0.0799. The summed E-state index contributed by atoms with van der Waals surface area (Å²) < 4.78 is 54.7. The van der Waals surface area contributed by atoms with Crippen LogP contribution in [0.1, 0.15) is 52.5 Å². The molecular formula is C38H34F4N4O2S. The maximum atomic E-state index is 14.4. The number of pyridine rings is 1. The van der Waals surface area contributed by atoms with Gasteiger partial charge in [-0.3, -0.25) is 14.6 Å². The zero-order chi connectivity index (χ0) is 34.5. The number of fused-ring (bicyclic) bond motifs is 1. The molecule has 6 rings (SSSR count). The smallest absolute Gasteiger partial charge is 0.338 e. The number of nitrogens with zero attached hydrogens (tertiary/aromatic N) is 4. The van der Waals surface area contributed by atoms with E-state index in [1.54, 1.807) is 30.3 Å². The van der Waals surface area contributed by atoms with Gasteiger partial charge in [0, 0.05) is 30.3 Å². The molecule has 0 saturated heterocycles. The lowest BCUT2D eigenvalue weighted by Gasteiger charge is -2.29. The van der Waals surface area contributed by atoms with E-state index in [-0.39, 0.29) is 17.3 Å². The van der Waals surface area contributed by atoms with Crippen molar-refractivity contribution in [1.29, 1.82) is 0 Å². The minimum Gasteiger partial charge on any atom is -0.338 e. The minimum absolute atomic E-state index is 0.143. The molecule has 0 bridgehead atoms. The number of likely N-dealkylation sites (N-methyl/N-ethyl adjacent to an activating group) is 1. The van der Waals surface area contributed by atoms with Gasteiger partial charge in [0.1, 0.15) is 11.9 Å². The molecule has 252 valence electrons. The molecule has 0 radical (unpaired) electrons. The topological polar surface area (TPSA) is 68.1 Å².